The molecule has 0 saturated carbocycles. The predicted octanol–water partition coefficient (Wildman–Crippen LogP) is 2.83. The van der Waals surface area contributed by atoms with E-state index in [0.717, 1.165) is 29.4 Å². The van der Waals surface area contributed by atoms with Crippen LogP contribution in [-0.4, -0.2) is 66.0 Å². The Morgan fingerprint density at radius 1 is 0.892 bits per heavy atom. The van der Waals surface area contributed by atoms with Gasteiger partial charge in [0.25, 0.3) is 5.91 Å². The highest BCUT2D eigenvalue weighted by Crippen LogP contribution is 2.44. The van der Waals surface area contributed by atoms with E-state index in [1.165, 1.54) is 13.8 Å². The zero-order valence-electron chi connectivity index (χ0n) is 21.6. The van der Waals surface area contributed by atoms with Crippen LogP contribution in [0.5, 0.6) is 0 Å². The number of nitrogens with zero attached hydrogens (tertiary/aromatic N) is 1. The Bertz CT molecular complexity index is 1120. The van der Waals surface area contributed by atoms with Crippen molar-refractivity contribution in [3.63, 3.8) is 0 Å². The third kappa shape index (κ3) is 6.08. The Hall–Kier alpha value is -3.92. The van der Waals surface area contributed by atoms with Crippen molar-refractivity contribution in [1.29, 1.82) is 0 Å². The van der Waals surface area contributed by atoms with Crippen LogP contribution in [0.3, 0.4) is 0 Å². The van der Waals surface area contributed by atoms with Crippen LogP contribution in [0.4, 0.5) is 4.79 Å². The SMILES string of the molecule is COC(=O)[C@H](C(C)C)N(O)C(=O)[C@H](C)NC(=O)[C@H](C)NC(=O)OCC1c2ccccc2-c2ccccc21. The number of ether oxygens (including phenoxy) is 2. The molecule has 0 radical (unpaired) electrons. The lowest BCUT2D eigenvalue weighted by molar-refractivity contribution is -0.193. The van der Waals surface area contributed by atoms with Gasteiger partial charge in [0.2, 0.25) is 5.91 Å². The number of fused-ring (bicyclic) bond motifs is 3. The molecule has 198 valence electrons. The Balaban J connectivity index is 1.54. The van der Waals surface area contributed by atoms with E-state index < -0.39 is 47.9 Å². The quantitative estimate of drug-likeness (QED) is 0.268. The standard InChI is InChI=1S/C27H33N3O7/c1-15(2)23(26(33)36-5)30(35)25(32)17(4)28-24(31)16(3)29-27(34)37-14-22-20-12-8-6-10-18(20)19-11-7-9-13-21(19)22/h6-13,15-17,22-23,35H,14H2,1-5H3,(H,28,31)(H,29,34)/t16-,17-,23-/m0/s1. The van der Waals surface area contributed by atoms with Gasteiger partial charge in [0, 0.05) is 5.92 Å². The van der Waals surface area contributed by atoms with Crippen LogP contribution in [0.1, 0.15) is 44.7 Å². The molecule has 1 aliphatic rings. The summed E-state index contributed by atoms with van der Waals surface area (Å²) in [5, 5.41) is 15.4. The number of carbonyl (C=O) groups excluding carboxylic acids is 4. The van der Waals surface area contributed by atoms with E-state index in [-0.39, 0.29) is 17.6 Å². The number of amides is 3. The Morgan fingerprint density at radius 2 is 1.43 bits per heavy atom. The van der Waals surface area contributed by atoms with Crippen molar-refractivity contribution in [2.45, 2.75) is 51.7 Å². The van der Waals surface area contributed by atoms with Crippen LogP contribution in [0.25, 0.3) is 11.1 Å². The van der Waals surface area contributed by atoms with Gasteiger partial charge in [-0.1, -0.05) is 62.4 Å². The normalized spacial score (nSPS) is 14.6. The number of hydrogen-bond acceptors (Lipinski definition) is 7. The van der Waals surface area contributed by atoms with Gasteiger partial charge in [-0.05, 0) is 42.0 Å². The highest BCUT2D eigenvalue weighted by molar-refractivity contribution is 5.92. The molecule has 10 heteroatoms. The highest BCUT2D eigenvalue weighted by atomic mass is 16.6. The van der Waals surface area contributed by atoms with Gasteiger partial charge in [0.05, 0.1) is 7.11 Å². The molecule has 10 nitrogen and oxygen atoms in total. The molecule has 0 heterocycles. The van der Waals surface area contributed by atoms with Gasteiger partial charge in [-0.25, -0.2) is 14.7 Å². The lowest BCUT2D eigenvalue weighted by atomic mass is 9.98. The summed E-state index contributed by atoms with van der Waals surface area (Å²) in [6, 6.07) is 12.5. The molecule has 0 spiro atoms. The lowest BCUT2D eigenvalue weighted by Crippen LogP contribution is -2.55. The van der Waals surface area contributed by atoms with Crippen LogP contribution >= 0.6 is 0 Å². The smallest absolute Gasteiger partial charge is 0.407 e. The minimum Gasteiger partial charge on any atom is -0.467 e. The Labute approximate surface area is 215 Å². The predicted molar refractivity (Wildman–Crippen MR) is 135 cm³/mol. The largest absolute Gasteiger partial charge is 0.467 e. The summed E-state index contributed by atoms with van der Waals surface area (Å²) < 4.78 is 10.1. The first-order chi connectivity index (χ1) is 17.6. The van der Waals surface area contributed by atoms with E-state index in [9.17, 15) is 24.4 Å². The topological polar surface area (TPSA) is 134 Å². The van der Waals surface area contributed by atoms with Crippen molar-refractivity contribution in [3.05, 3.63) is 59.7 Å². The van der Waals surface area contributed by atoms with E-state index >= 15 is 0 Å². The number of esters is 1. The summed E-state index contributed by atoms with van der Waals surface area (Å²) in [4.78, 5) is 49.6. The van der Waals surface area contributed by atoms with E-state index in [0.29, 0.717) is 0 Å². The molecule has 3 atom stereocenters. The molecule has 3 N–H and O–H groups in total. The summed E-state index contributed by atoms with van der Waals surface area (Å²) in [7, 11) is 1.15. The van der Waals surface area contributed by atoms with Gasteiger partial charge in [0.15, 0.2) is 6.04 Å². The second-order valence-corrected chi connectivity index (χ2v) is 9.32. The second-order valence-electron chi connectivity index (χ2n) is 9.32. The molecule has 0 fully saturated rings. The number of alkyl carbamates (subject to hydrolysis) is 1. The van der Waals surface area contributed by atoms with Crippen LogP contribution in [0.2, 0.25) is 0 Å². The van der Waals surface area contributed by atoms with Gasteiger partial charge in [-0.3, -0.25) is 14.8 Å². The molecule has 0 aliphatic heterocycles. The van der Waals surface area contributed by atoms with Crippen LogP contribution in [-0.2, 0) is 23.9 Å². The fraction of sp³-hybridized carbons (Fsp3) is 0.407. The maximum atomic E-state index is 12.6. The van der Waals surface area contributed by atoms with E-state index in [1.54, 1.807) is 13.8 Å². The first-order valence-electron chi connectivity index (χ1n) is 12.1. The second kappa shape index (κ2) is 11.9. The average Bonchev–Trinajstić information content (AvgIpc) is 3.20. The maximum Gasteiger partial charge on any atom is 0.407 e. The van der Waals surface area contributed by atoms with Crippen LogP contribution in [0, 0.1) is 5.92 Å². The lowest BCUT2D eigenvalue weighted by Gasteiger charge is -2.29. The van der Waals surface area contributed by atoms with Crippen LogP contribution in [0.15, 0.2) is 48.5 Å². The molecular formula is C27H33N3O7. The van der Waals surface area contributed by atoms with E-state index in [4.69, 9.17) is 4.74 Å². The molecule has 0 aromatic heterocycles. The zero-order valence-corrected chi connectivity index (χ0v) is 21.6. The van der Waals surface area contributed by atoms with Gasteiger partial charge < -0.3 is 20.1 Å². The van der Waals surface area contributed by atoms with Crippen molar-refractivity contribution in [2.24, 2.45) is 5.92 Å². The van der Waals surface area contributed by atoms with Crippen molar-refractivity contribution in [3.8, 4) is 11.1 Å². The van der Waals surface area contributed by atoms with E-state index in [2.05, 4.69) is 15.4 Å². The van der Waals surface area contributed by atoms with Gasteiger partial charge >= 0.3 is 12.1 Å². The summed E-state index contributed by atoms with van der Waals surface area (Å²) >= 11 is 0. The fourth-order valence-electron chi connectivity index (χ4n) is 4.39. The Kier molecular flexibility index (Phi) is 8.88. The van der Waals surface area contributed by atoms with E-state index in [1.807, 2.05) is 48.5 Å². The van der Waals surface area contributed by atoms with Crippen molar-refractivity contribution in [1.82, 2.24) is 15.7 Å². The maximum absolute atomic E-state index is 12.6. The van der Waals surface area contributed by atoms with Crippen molar-refractivity contribution in [2.75, 3.05) is 13.7 Å². The minimum atomic E-state index is -1.23. The number of nitrogens with one attached hydrogen (secondary N) is 2. The molecule has 0 bridgehead atoms. The molecule has 0 saturated heterocycles. The fourth-order valence-corrected chi connectivity index (χ4v) is 4.39. The van der Waals surface area contributed by atoms with Crippen molar-refractivity contribution >= 4 is 23.9 Å². The molecule has 3 rings (SSSR count). The third-order valence-corrected chi connectivity index (χ3v) is 6.36. The Morgan fingerprint density at radius 3 is 1.95 bits per heavy atom. The number of carbonyl (C=O) groups is 4. The number of methoxy groups -OCH3 is 1. The average molecular weight is 512 g/mol. The third-order valence-electron chi connectivity index (χ3n) is 6.36. The molecule has 3 amide bonds. The van der Waals surface area contributed by atoms with Gasteiger partial charge in [0.1, 0.15) is 18.7 Å². The first-order valence-corrected chi connectivity index (χ1v) is 12.1. The summed E-state index contributed by atoms with van der Waals surface area (Å²) in [6.07, 6.45) is -0.780. The summed E-state index contributed by atoms with van der Waals surface area (Å²) in [5.74, 6) is -2.90. The highest BCUT2D eigenvalue weighted by Gasteiger charge is 2.36. The zero-order chi connectivity index (χ0) is 27.3. The summed E-state index contributed by atoms with van der Waals surface area (Å²) in [5.41, 5.74) is 4.33. The number of hydrogen-bond donors (Lipinski definition) is 3. The molecule has 2 aromatic rings. The molecule has 2 aromatic carbocycles. The van der Waals surface area contributed by atoms with Gasteiger partial charge in [-0.15, -0.1) is 0 Å². The number of rotatable bonds is 9. The number of hydroxylamine groups is 2. The summed E-state index contributed by atoms with van der Waals surface area (Å²) in [6.45, 7) is 6.17. The molecule has 0 unspecified atom stereocenters. The van der Waals surface area contributed by atoms with Crippen LogP contribution < -0.4 is 10.6 Å². The number of benzene rings is 2. The van der Waals surface area contributed by atoms with Gasteiger partial charge in [-0.2, -0.15) is 0 Å². The molecule has 37 heavy (non-hydrogen) atoms. The molecular weight excluding hydrogens is 478 g/mol. The minimum absolute atomic E-state index is 0.0900. The monoisotopic (exact) mass is 511 g/mol. The molecule has 1 aliphatic carbocycles. The first kappa shape index (κ1) is 27.7. The van der Waals surface area contributed by atoms with Crippen molar-refractivity contribution < 1.29 is 33.9 Å².